The van der Waals surface area contributed by atoms with Crippen molar-refractivity contribution in [2.45, 2.75) is 19.3 Å². The van der Waals surface area contributed by atoms with Crippen LogP contribution in [-0.4, -0.2) is 43.5 Å². The number of ether oxygens (including phenoxy) is 1. The molecule has 1 aliphatic heterocycles. The number of nitro groups is 1. The van der Waals surface area contributed by atoms with Gasteiger partial charge in [0.1, 0.15) is 0 Å². The molecule has 158 valence electrons. The largest absolute Gasteiger partial charge is 0.452 e. The Morgan fingerprint density at radius 3 is 2.50 bits per heavy atom. The van der Waals surface area contributed by atoms with Crippen LogP contribution in [0.15, 0.2) is 48.5 Å². The monoisotopic (exact) mass is 411 g/mol. The number of nitro benzene ring substituents is 1. The zero-order chi connectivity index (χ0) is 21.5. The van der Waals surface area contributed by atoms with E-state index in [2.05, 4.69) is 22.3 Å². The smallest absolute Gasteiger partial charge is 0.341 e. The van der Waals surface area contributed by atoms with Crippen molar-refractivity contribution in [3.63, 3.8) is 0 Å². The van der Waals surface area contributed by atoms with E-state index in [0.717, 1.165) is 32.4 Å². The summed E-state index contributed by atoms with van der Waals surface area (Å²) in [6, 6.07) is 14.5. The summed E-state index contributed by atoms with van der Waals surface area (Å²) >= 11 is 0. The Morgan fingerprint density at radius 1 is 1.17 bits per heavy atom. The number of anilines is 1. The molecule has 0 spiro atoms. The first-order valence-corrected chi connectivity index (χ1v) is 9.93. The van der Waals surface area contributed by atoms with E-state index >= 15 is 0 Å². The standard InChI is InChI=1S/C22H25N3O5/c1-23-21(26)15-30-22(27)19-14-18(25(28)29)7-8-20(19)24-11-9-17(10-12-24)13-16-5-3-2-4-6-16/h2-8,14,17H,9-13,15H2,1H3,(H,23,26). The van der Waals surface area contributed by atoms with Crippen molar-refractivity contribution in [3.05, 3.63) is 69.8 Å². The van der Waals surface area contributed by atoms with Gasteiger partial charge in [-0.25, -0.2) is 4.79 Å². The predicted octanol–water partition coefficient (Wildman–Crippen LogP) is 2.96. The van der Waals surface area contributed by atoms with Gasteiger partial charge in [-0.3, -0.25) is 14.9 Å². The van der Waals surface area contributed by atoms with E-state index < -0.39 is 23.4 Å². The van der Waals surface area contributed by atoms with Gasteiger partial charge < -0.3 is 15.0 Å². The maximum absolute atomic E-state index is 12.6. The molecule has 0 aliphatic carbocycles. The van der Waals surface area contributed by atoms with E-state index in [-0.39, 0.29) is 11.3 Å². The maximum atomic E-state index is 12.6. The van der Waals surface area contributed by atoms with Crippen molar-refractivity contribution in [1.29, 1.82) is 0 Å². The number of carbonyl (C=O) groups excluding carboxylic acids is 2. The molecule has 30 heavy (non-hydrogen) atoms. The fourth-order valence-corrected chi connectivity index (χ4v) is 3.68. The van der Waals surface area contributed by atoms with E-state index in [1.807, 2.05) is 18.2 Å². The van der Waals surface area contributed by atoms with Crippen LogP contribution >= 0.6 is 0 Å². The van der Waals surface area contributed by atoms with Crippen LogP contribution in [0.2, 0.25) is 0 Å². The molecule has 8 heteroatoms. The van der Waals surface area contributed by atoms with Gasteiger partial charge in [-0.05, 0) is 36.8 Å². The van der Waals surface area contributed by atoms with Crippen molar-refractivity contribution in [1.82, 2.24) is 5.32 Å². The number of non-ortho nitro benzene ring substituents is 1. The normalized spacial score (nSPS) is 14.2. The van der Waals surface area contributed by atoms with Gasteiger partial charge in [-0.15, -0.1) is 0 Å². The summed E-state index contributed by atoms with van der Waals surface area (Å²) < 4.78 is 5.05. The molecule has 1 N–H and O–H groups in total. The highest BCUT2D eigenvalue weighted by molar-refractivity contribution is 5.97. The minimum absolute atomic E-state index is 0.106. The van der Waals surface area contributed by atoms with Gasteiger partial charge in [-0.1, -0.05) is 30.3 Å². The van der Waals surface area contributed by atoms with Gasteiger partial charge in [0.25, 0.3) is 11.6 Å². The zero-order valence-corrected chi connectivity index (χ0v) is 16.9. The fourth-order valence-electron chi connectivity index (χ4n) is 3.68. The van der Waals surface area contributed by atoms with E-state index in [1.165, 1.54) is 24.7 Å². The molecule has 1 saturated heterocycles. The number of likely N-dealkylation sites (N-methyl/N-ethyl adjacent to an activating group) is 1. The van der Waals surface area contributed by atoms with Crippen LogP contribution in [0.5, 0.6) is 0 Å². The summed E-state index contributed by atoms with van der Waals surface area (Å²) in [5.41, 5.74) is 1.82. The number of amides is 1. The van der Waals surface area contributed by atoms with E-state index in [4.69, 9.17) is 4.74 Å². The first-order valence-electron chi connectivity index (χ1n) is 9.93. The van der Waals surface area contributed by atoms with Crippen LogP contribution in [0.4, 0.5) is 11.4 Å². The molecule has 1 fully saturated rings. The molecule has 0 atom stereocenters. The number of nitrogens with one attached hydrogen (secondary N) is 1. The molecule has 0 saturated carbocycles. The van der Waals surface area contributed by atoms with Crippen LogP contribution in [0.25, 0.3) is 0 Å². The van der Waals surface area contributed by atoms with Gasteiger partial charge in [-0.2, -0.15) is 0 Å². The minimum atomic E-state index is -0.747. The van der Waals surface area contributed by atoms with Crippen molar-refractivity contribution in [2.24, 2.45) is 5.92 Å². The van der Waals surface area contributed by atoms with E-state index in [0.29, 0.717) is 11.6 Å². The lowest BCUT2D eigenvalue weighted by atomic mass is 9.90. The lowest BCUT2D eigenvalue weighted by Gasteiger charge is -2.34. The lowest BCUT2D eigenvalue weighted by molar-refractivity contribution is -0.384. The van der Waals surface area contributed by atoms with Crippen molar-refractivity contribution >= 4 is 23.3 Å². The number of piperidine rings is 1. The Bertz CT molecular complexity index is 908. The Hall–Kier alpha value is -3.42. The van der Waals surface area contributed by atoms with Gasteiger partial charge in [0.2, 0.25) is 0 Å². The van der Waals surface area contributed by atoms with Crippen LogP contribution in [0.1, 0.15) is 28.8 Å². The third-order valence-electron chi connectivity index (χ3n) is 5.35. The van der Waals surface area contributed by atoms with E-state index in [9.17, 15) is 19.7 Å². The summed E-state index contributed by atoms with van der Waals surface area (Å²) in [6.45, 7) is 1.05. The average Bonchev–Trinajstić information content (AvgIpc) is 2.78. The molecule has 1 amide bonds. The van der Waals surface area contributed by atoms with Gasteiger partial charge in [0.05, 0.1) is 16.2 Å². The number of benzene rings is 2. The van der Waals surface area contributed by atoms with Gasteiger partial charge >= 0.3 is 5.97 Å². The second-order valence-electron chi connectivity index (χ2n) is 7.33. The van der Waals surface area contributed by atoms with Crippen LogP contribution in [-0.2, 0) is 16.0 Å². The minimum Gasteiger partial charge on any atom is -0.452 e. The first-order chi connectivity index (χ1) is 14.5. The summed E-state index contributed by atoms with van der Waals surface area (Å²) in [7, 11) is 1.44. The summed E-state index contributed by atoms with van der Waals surface area (Å²) in [6.07, 6.45) is 2.92. The number of hydrogen-bond donors (Lipinski definition) is 1. The number of esters is 1. The summed E-state index contributed by atoms with van der Waals surface area (Å²) in [4.78, 5) is 36.6. The zero-order valence-electron chi connectivity index (χ0n) is 16.9. The number of carbonyl (C=O) groups is 2. The topological polar surface area (TPSA) is 102 Å². The van der Waals surface area contributed by atoms with Gasteiger partial charge in [0.15, 0.2) is 6.61 Å². The molecule has 2 aromatic rings. The molecule has 8 nitrogen and oxygen atoms in total. The first kappa shape index (κ1) is 21.3. The fraction of sp³-hybridized carbons (Fsp3) is 0.364. The predicted molar refractivity (Wildman–Crippen MR) is 113 cm³/mol. The highest BCUT2D eigenvalue weighted by atomic mass is 16.6. The van der Waals surface area contributed by atoms with Crippen LogP contribution < -0.4 is 10.2 Å². The molecule has 0 unspecified atom stereocenters. The molecule has 1 heterocycles. The van der Waals surface area contributed by atoms with Crippen LogP contribution in [0, 0.1) is 16.0 Å². The van der Waals surface area contributed by atoms with Crippen molar-refractivity contribution in [2.75, 3.05) is 31.6 Å². The Balaban J connectivity index is 1.72. The second kappa shape index (κ2) is 9.87. The molecule has 0 bridgehead atoms. The molecule has 0 aromatic heterocycles. The summed E-state index contributed by atoms with van der Waals surface area (Å²) in [5.74, 6) is -0.647. The average molecular weight is 411 g/mol. The highest BCUT2D eigenvalue weighted by Gasteiger charge is 2.26. The molecule has 1 aliphatic rings. The molecular weight excluding hydrogens is 386 g/mol. The number of nitrogens with zero attached hydrogens (tertiary/aromatic N) is 2. The maximum Gasteiger partial charge on any atom is 0.341 e. The Morgan fingerprint density at radius 2 is 1.87 bits per heavy atom. The number of hydrogen-bond acceptors (Lipinski definition) is 6. The Labute approximate surface area is 175 Å². The molecular formula is C22H25N3O5. The summed E-state index contributed by atoms with van der Waals surface area (Å²) in [5, 5.41) is 13.5. The Kier molecular flexibility index (Phi) is 7.00. The molecule has 0 radical (unpaired) electrons. The van der Waals surface area contributed by atoms with Crippen molar-refractivity contribution < 1.29 is 19.2 Å². The quantitative estimate of drug-likeness (QED) is 0.427. The van der Waals surface area contributed by atoms with E-state index in [1.54, 1.807) is 6.07 Å². The highest BCUT2D eigenvalue weighted by Crippen LogP contribution is 2.31. The third-order valence-corrected chi connectivity index (χ3v) is 5.35. The lowest BCUT2D eigenvalue weighted by Crippen LogP contribution is -2.35. The molecule has 2 aromatic carbocycles. The second-order valence-corrected chi connectivity index (χ2v) is 7.33. The van der Waals surface area contributed by atoms with Gasteiger partial charge in [0, 0.05) is 32.3 Å². The SMILES string of the molecule is CNC(=O)COC(=O)c1cc([N+](=O)[O-])ccc1N1CCC(Cc2ccccc2)CC1. The van der Waals surface area contributed by atoms with Crippen molar-refractivity contribution in [3.8, 4) is 0 Å². The number of rotatable bonds is 7. The molecule has 3 rings (SSSR count). The third kappa shape index (κ3) is 5.34. The van der Waals surface area contributed by atoms with Crippen LogP contribution in [0.3, 0.4) is 0 Å².